The van der Waals surface area contributed by atoms with Gasteiger partial charge in [0.05, 0.1) is 12.9 Å². The fraction of sp³-hybridized carbons (Fsp3) is 0.150. The maximum absolute atomic E-state index is 6.14. The molecule has 130 valence electrons. The zero-order chi connectivity index (χ0) is 17.9. The van der Waals surface area contributed by atoms with Gasteiger partial charge >= 0.3 is 0 Å². The standard InChI is InChI=1S/C20H20N6/c1-25(12-15-8-4-2-5-9-15)20-23-18(21)17-19(24-20)26(14-22-17)13-16-10-6-3-7-11-16/h2-11,14H,12-13H2,1H3,(H2,21,23,24). The predicted octanol–water partition coefficient (Wildman–Crippen LogP) is 3.09. The third-order valence-electron chi connectivity index (χ3n) is 4.28. The first-order valence-electron chi connectivity index (χ1n) is 8.48. The van der Waals surface area contributed by atoms with Gasteiger partial charge in [0.2, 0.25) is 5.95 Å². The predicted molar refractivity (Wildman–Crippen MR) is 104 cm³/mol. The molecule has 2 aromatic carbocycles. The van der Waals surface area contributed by atoms with Gasteiger partial charge < -0.3 is 15.2 Å². The van der Waals surface area contributed by atoms with Crippen LogP contribution in [0, 0.1) is 0 Å². The van der Waals surface area contributed by atoms with E-state index in [9.17, 15) is 0 Å². The molecule has 0 bridgehead atoms. The number of aromatic nitrogens is 4. The van der Waals surface area contributed by atoms with E-state index in [-0.39, 0.29) is 0 Å². The molecule has 26 heavy (non-hydrogen) atoms. The fourth-order valence-corrected chi connectivity index (χ4v) is 2.95. The zero-order valence-electron chi connectivity index (χ0n) is 14.6. The van der Waals surface area contributed by atoms with Crippen molar-refractivity contribution in [1.29, 1.82) is 0 Å². The second-order valence-electron chi connectivity index (χ2n) is 6.28. The Morgan fingerprint density at radius 3 is 2.27 bits per heavy atom. The summed E-state index contributed by atoms with van der Waals surface area (Å²) in [5.41, 5.74) is 9.90. The van der Waals surface area contributed by atoms with Crippen molar-refractivity contribution in [2.24, 2.45) is 0 Å². The smallest absolute Gasteiger partial charge is 0.229 e. The van der Waals surface area contributed by atoms with Crippen LogP contribution in [0.2, 0.25) is 0 Å². The summed E-state index contributed by atoms with van der Waals surface area (Å²) in [4.78, 5) is 15.5. The average Bonchev–Trinajstić information content (AvgIpc) is 3.07. The number of hydrogen-bond acceptors (Lipinski definition) is 5. The van der Waals surface area contributed by atoms with E-state index in [0.29, 0.717) is 30.4 Å². The molecule has 2 N–H and O–H groups in total. The Hall–Kier alpha value is -3.41. The van der Waals surface area contributed by atoms with Crippen LogP contribution in [-0.4, -0.2) is 26.6 Å². The van der Waals surface area contributed by atoms with Crippen molar-refractivity contribution in [3.05, 3.63) is 78.1 Å². The minimum Gasteiger partial charge on any atom is -0.382 e. The van der Waals surface area contributed by atoms with E-state index < -0.39 is 0 Å². The molecule has 0 amide bonds. The number of hydrogen-bond donors (Lipinski definition) is 1. The van der Waals surface area contributed by atoms with E-state index in [1.54, 1.807) is 6.33 Å². The Morgan fingerprint density at radius 1 is 0.923 bits per heavy atom. The van der Waals surface area contributed by atoms with Crippen LogP contribution in [-0.2, 0) is 13.1 Å². The van der Waals surface area contributed by atoms with Crippen molar-refractivity contribution in [2.75, 3.05) is 17.7 Å². The molecule has 6 heteroatoms. The zero-order valence-corrected chi connectivity index (χ0v) is 14.6. The van der Waals surface area contributed by atoms with E-state index in [4.69, 9.17) is 10.7 Å². The third kappa shape index (κ3) is 3.21. The van der Waals surface area contributed by atoms with Gasteiger partial charge in [-0.25, -0.2) is 4.98 Å². The molecule has 0 saturated carbocycles. The molecule has 0 fully saturated rings. The Kier molecular flexibility index (Phi) is 4.23. The minimum absolute atomic E-state index is 0.400. The van der Waals surface area contributed by atoms with Crippen LogP contribution in [0.25, 0.3) is 11.2 Å². The molecule has 0 spiro atoms. The number of nitrogen functional groups attached to an aromatic ring is 1. The maximum Gasteiger partial charge on any atom is 0.229 e. The summed E-state index contributed by atoms with van der Waals surface area (Å²) in [6.07, 6.45) is 1.77. The minimum atomic E-state index is 0.400. The van der Waals surface area contributed by atoms with E-state index in [2.05, 4.69) is 34.2 Å². The average molecular weight is 344 g/mol. The van der Waals surface area contributed by atoms with E-state index in [1.807, 2.05) is 52.9 Å². The van der Waals surface area contributed by atoms with Crippen molar-refractivity contribution < 1.29 is 0 Å². The van der Waals surface area contributed by atoms with Gasteiger partial charge in [-0.05, 0) is 11.1 Å². The molecule has 0 saturated heterocycles. The summed E-state index contributed by atoms with van der Waals surface area (Å²) in [5.74, 6) is 0.991. The number of nitrogens with two attached hydrogens (primary N) is 1. The van der Waals surface area contributed by atoms with Gasteiger partial charge in [0.25, 0.3) is 0 Å². The number of rotatable bonds is 5. The molecular weight excluding hydrogens is 324 g/mol. The first kappa shape index (κ1) is 16.1. The number of anilines is 2. The van der Waals surface area contributed by atoms with Gasteiger partial charge in [-0.15, -0.1) is 0 Å². The lowest BCUT2D eigenvalue weighted by atomic mass is 10.2. The summed E-state index contributed by atoms with van der Waals surface area (Å²) < 4.78 is 2.00. The Morgan fingerprint density at radius 2 is 1.58 bits per heavy atom. The lowest BCUT2D eigenvalue weighted by Crippen LogP contribution is -2.20. The quantitative estimate of drug-likeness (QED) is 0.602. The number of benzene rings is 2. The lowest BCUT2D eigenvalue weighted by molar-refractivity contribution is 0.806. The van der Waals surface area contributed by atoms with Gasteiger partial charge in [0.15, 0.2) is 11.5 Å². The SMILES string of the molecule is CN(Cc1ccccc1)c1nc(N)c2ncn(Cc3ccccc3)c2n1. The fourth-order valence-electron chi connectivity index (χ4n) is 2.95. The van der Waals surface area contributed by atoms with E-state index in [0.717, 1.165) is 5.65 Å². The van der Waals surface area contributed by atoms with Gasteiger partial charge in [0, 0.05) is 13.6 Å². The lowest BCUT2D eigenvalue weighted by Gasteiger charge is -2.17. The Balaban J connectivity index is 1.67. The second kappa shape index (κ2) is 6.84. The van der Waals surface area contributed by atoms with Crippen molar-refractivity contribution in [1.82, 2.24) is 19.5 Å². The first-order valence-corrected chi connectivity index (χ1v) is 8.48. The number of nitrogens with zero attached hydrogens (tertiary/aromatic N) is 5. The van der Waals surface area contributed by atoms with Crippen molar-refractivity contribution in [3.8, 4) is 0 Å². The number of fused-ring (bicyclic) bond motifs is 1. The molecule has 4 aromatic rings. The highest BCUT2D eigenvalue weighted by Crippen LogP contribution is 2.21. The Bertz CT molecular complexity index is 1010. The Labute approximate surface area is 151 Å². The third-order valence-corrected chi connectivity index (χ3v) is 4.28. The summed E-state index contributed by atoms with van der Waals surface area (Å²) in [7, 11) is 1.96. The molecule has 0 aliphatic carbocycles. The number of imidazole rings is 1. The van der Waals surface area contributed by atoms with Crippen molar-refractivity contribution in [3.63, 3.8) is 0 Å². The van der Waals surface area contributed by atoms with E-state index >= 15 is 0 Å². The van der Waals surface area contributed by atoms with Crippen LogP contribution in [0.5, 0.6) is 0 Å². The molecular formula is C20H20N6. The molecule has 0 atom stereocenters. The van der Waals surface area contributed by atoms with Crippen molar-refractivity contribution >= 4 is 22.9 Å². The summed E-state index contributed by atoms with van der Waals surface area (Å²) in [5, 5.41) is 0. The van der Waals surface area contributed by atoms with Crippen molar-refractivity contribution in [2.45, 2.75) is 13.1 Å². The van der Waals surface area contributed by atoms with Crippen LogP contribution in [0.4, 0.5) is 11.8 Å². The summed E-state index contributed by atoms with van der Waals surface area (Å²) in [6.45, 7) is 1.40. The van der Waals surface area contributed by atoms with Crippen LogP contribution in [0.15, 0.2) is 67.0 Å². The van der Waals surface area contributed by atoms with Crippen LogP contribution in [0.1, 0.15) is 11.1 Å². The normalized spacial score (nSPS) is 11.0. The monoisotopic (exact) mass is 344 g/mol. The first-order chi connectivity index (χ1) is 12.7. The molecule has 2 aromatic heterocycles. The molecule has 2 heterocycles. The molecule has 0 aliphatic heterocycles. The van der Waals surface area contributed by atoms with E-state index in [1.165, 1.54) is 11.1 Å². The van der Waals surface area contributed by atoms with Crippen LogP contribution in [0.3, 0.4) is 0 Å². The maximum atomic E-state index is 6.14. The molecule has 4 rings (SSSR count). The molecule has 0 aliphatic rings. The van der Waals surface area contributed by atoms with Crippen LogP contribution < -0.4 is 10.6 Å². The van der Waals surface area contributed by atoms with Crippen LogP contribution >= 0.6 is 0 Å². The van der Waals surface area contributed by atoms with Gasteiger partial charge in [-0.2, -0.15) is 9.97 Å². The largest absolute Gasteiger partial charge is 0.382 e. The topological polar surface area (TPSA) is 72.9 Å². The second-order valence-corrected chi connectivity index (χ2v) is 6.28. The highest BCUT2D eigenvalue weighted by atomic mass is 15.3. The highest BCUT2D eigenvalue weighted by molar-refractivity contribution is 5.83. The highest BCUT2D eigenvalue weighted by Gasteiger charge is 2.14. The summed E-state index contributed by atoms with van der Waals surface area (Å²) in [6, 6.07) is 20.4. The molecule has 0 radical (unpaired) electrons. The van der Waals surface area contributed by atoms with Gasteiger partial charge in [0.1, 0.15) is 5.52 Å². The molecule has 6 nitrogen and oxygen atoms in total. The van der Waals surface area contributed by atoms with Gasteiger partial charge in [-0.3, -0.25) is 0 Å². The van der Waals surface area contributed by atoms with Gasteiger partial charge in [-0.1, -0.05) is 60.7 Å². The molecule has 0 unspecified atom stereocenters. The summed E-state index contributed by atoms with van der Waals surface area (Å²) >= 11 is 0.